The van der Waals surface area contributed by atoms with Crippen LogP contribution in [-0.4, -0.2) is 21.4 Å². The van der Waals surface area contributed by atoms with Crippen LogP contribution in [0.3, 0.4) is 0 Å². The van der Waals surface area contributed by atoms with E-state index in [0.29, 0.717) is 9.47 Å². The number of aromatic nitrogens is 2. The first-order chi connectivity index (χ1) is 12.5. The second kappa shape index (κ2) is 8.24. The molecule has 5 nitrogen and oxygen atoms in total. The lowest BCUT2D eigenvalue weighted by Gasteiger charge is -2.11. The topological polar surface area (TPSA) is 66.9 Å². The molecule has 1 amide bonds. The van der Waals surface area contributed by atoms with E-state index in [-0.39, 0.29) is 0 Å². The number of hydrogen-bond acceptors (Lipinski definition) is 6. The van der Waals surface area contributed by atoms with Gasteiger partial charge in [-0.1, -0.05) is 47.4 Å². The molecular weight excluding hydrogens is 378 g/mol. The highest BCUT2D eigenvalue weighted by molar-refractivity contribution is 8.02. The van der Waals surface area contributed by atoms with Crippen LogP contribution in [0.4, 0.5) is 25.3 Å². The van der Waals surface area contributed by atoms with Crippen LogP contribution < -0.4 is 10.6 Å². The number of nitrogens with one attached hydrogen (secondary N) is 2. The number of nitrogens with zero attached hydrogens (tertiary/aromatic N) is 2. The van der Waals surface area contributed by atoms with Gasteiger partial charge >= 0.3 is 0 Å². The zero-order valence-electron chi connectivity index (χ0n) is 13.6. The second-order valence-electron chi connectivity index (χ2n) is 5.21. The van der Waals surface area contributed by atoms with Crippen LogP contribution in [0.5, 0.6) is 0 Å². The summed E-state index contributed by atoms with van der Waals surface area (Å²) in [5.41, 5.74) is 0.426. The Morgan fingerprint density at radius 2 is 1.77 bits per heavy atom. The summed E-state index contributed by atoms with van der Waals surface area (Å²) in [7, 11) is 0. The molecule has 0 aliphatic heterocycles. The van der Waals surface area contributed by atoms with E-state index in [1.165, 1.54) is 17.4 Å². The third-order valence-electron chi connectivity index (χ3n) is 3.29. The molecule has 0 radical (unpaired) electrons. The van der Waals surface area contributed by atoms with Gasteiger partial charge in [-0.15, -0.1) is 10.2 Å². The van der Waals surface area contributed by atoms with E-state index in [4.69, 9.17) is 0 Å². The molecule has 0 bridgehead atoms. The van der Waals surface area contributed by atoms with Gasteiger partial charge in [-0.3, -0.25) is 4.79 Å². The van der Waals surface area contributed by atoms with Crippen molar-refractivity contribution < 1.29 is 13.6 Å². The molecular formula is C17H14F2N4OS2. The molecule has 134 valence electrons. The van der Waals surface area contributed by atoms with Gasteiger partial charge in [0.25, 0.3) is 0 Å². The molecule has 3 rings (SSSR count). The fourth-order valence-electron chi connectivity index (χ4n) is 2.00. The third kappa shape index (κ3) is 4.55. The Hall–Kier alpha value is -2.52. The van der Waals surface area contributed by atoms with E-state index in [2.05, 4.69) is 20.8 Å². The van der Waals surface area contributed by atoms with Crippen LogP contribution in [0.2, 0.25) is 0 Å². The monoisotopic (exact) mass is 392 g/mol. The van der Waals surface area contributed by atoms with Gasteiger partial charge in [0.2, 0.25) is 11.0 Å². The van der Waals surface area contributed by atoms with Gasteiger partial charge in [-0.05, 0) is 31.2 Å². The molecule has 2 aromatic carbocycles. The SMILES string of the molecule is C[C@@H](Sc1nnc(Nc2ccccc2)s1)C(=O)Nc1c(F)cccc1F. The first-order valence-electron chi connectivity index (χ1n) is 7.60. The minimum atomic E-state index is -0.819. The zero-order valence-corrected chi connectivity index (χ0v) is 15.2. The van der Waals surface area contributed by atoms with Gasteiger partial charge in [0, 0.05) is 5.69 Å². The van der Waals surface area contributed by atoms with E-state index in [1.807, 2.05) is 30.3 Å². The second-order valence-corrected chi connectivity index (χ2v) is 7.78. The average Bonchev–Trinajstić information content (AvgIpc) is 3.05. The van der Waals surface area contributed by atoms with Crippen LogP contribution in [0.25, 0.3) is 0 Å². The van der Waals surface area contributed by atoms with Crippen molar-refractivity contribution in [3.63, 3.8) is 0 Å². The lowest BCUT2D eigenvalue weighted by molar-refractivity contribution is -0.115. The van der Waals surface area contributed by atoms with Gasteiger partial charge < -0.3 is 10.6 Å². The first-order valence-corrected chi connectivity index (χ1v) is 9.29. The molecule has 1 aromatic heterocycles. The molecule has 9 heteroatoms. The zero-order chi connectivity index (χ0) is 18.5. The standard InChI is InChI=1S/C17H14F2N4OS2/c1-10(15(24)21-14-12(18)8-5-9-13(14)19)25-17-23-22-16(26-17)20-11-6-3-2-4-7-11/h2-10H,1H3,(H,20,22)(H,21,24)/t10-/m1/s1. The van der Waals surface area contributed by atoms with Crippen molar-refractivity contribution in [1.82, 2.24) is 10.2 Å². The van der Waals surface area contributed by atoms with Crippen molar-refractivity contribution in [3.05, 3.63) is 60.2 Å². The average molecular weight is 392 g/mol. The summed E-state index contributed by atoms with van der Waals surface area (Å²) in [5.74, 6) is -2.16. The molecule has 2 N–H and O–H groups in total. The van der Waals surface area contributed by atoms with E-state index >= 15 is 0 Å². The maximum Gasteiger partial charge on any atom is 0.237 e. The van der Waals surface area contributed by atoms with Crippen molar-refractivity contribution >= 4 is 45.5 Å². The van der Waals surface area contributed by atoms with E-state index in [1.54, 1.807) is 6.92 Å². The Balaban J connectivity index is 1.61. The number of rotatable bonds is 6. The fourth-order valence-corrected chi connectivity index (χ4v) is 3.92. The highest BCUT2D eigenvalue weighted by Gasteiger charge is 2.20. The van der Waals surface area contributed by atoms with Crippen molar-refractivity contribution in [2.75, 3.05) is 10.6 Å². The summed E-state index contributed by atoms with van der Waals surface area (Å²) >= 11 is 2.45. The Morgan fingerprint density at radius 1 is 1.08 bits per heavy atom. The number of anilines is 3. The lowest BCUT2D eigenvalue weighted by atomic mass is 10.3. The predicted molar refractivity (Wildman–Crippen MR) is 99.9 cm³/mol. The Morgan fingerprint density at radius 3 is 2.46 bits per heavy atom. The smallest absolute Gasteiger partial charge is 0.237 e. The first kappa shape index (κ1) is 18.3. The minimum Gasteiger partial charge on any atom is -0.330 e. The molecule has 0 fully saturated rings. The minimum absolute atomic E-state index is 0.450. The summed E-state index contributed by atoms with van der Waals surface area (Å²) in [6, 6.07) is 12.9. The Kier molecular flexibility index (Phi) is 5.79. The summed E-state index contributed by atoms with van der Waals surface area (Å²) in [6.07, 6.45) is 0. The Labute approximate surface area is 156 Å². The number of hydrogen-bond donors (Lipinski definition) is 2. The molecule has 0 spiro atoms. The summed E-state index contributed by atoms with van der Waals surface area (Å²) in [4.78, 5) is 12.2. The van der Waals surface area contributed by atoms with Gasteiger partial charge in [-0.2, -0.15) is 0 Å². The number of halogens is 2. The van der Waals surface area contributed by atoms with Crippen molar-refractivity contribution in [2.45, 2.75) is 16.5 Å². The van der Waals surface area contributed by atoms with Gasteiger partial charge in [0.15, 0.2) is 4.34 Å². The third-order valence-corrected chi connectivity index (χ3v) is 5.31. The molecule has 0 unspecified atom stereocenters. The maximum atomic E-state index is 13.6. The largest absolute Gasteiger partial charge is 0.330 e. The fraction of sp³-hybridized carbons (Fsp3) is 0.118. The summed E-state index contributed by atoms with van der Waals surface area (Å²) in [6.45, 7) is 1.63. The van der Waals surface area contributed by atoms with Crippen LogP contribution in [0, 0.1) is 11.6 Å². The van der Waals surface area contributed by atoms with Crippen LogP contribution in [0.1, 0.15) is 6.92 Å². The lowest BCUT2D eigenvalue weighted by Crippen LogP contribution is -2.23. The highest BCUT2D eigenvalue weighted by atomic mass is 32.2. The summed E-state index contributed by atoms with van der Waals surface area (Å²) in [5, 5.41) is 13.4. The molecule has 0 aliphatic carbocycles. The van der Waals surface area contributed by atoms with Gasteiger partial charge in [0.05, 0.1) is 5.25 Å². The molecule has 0 aliphatic rings. The Bertz CT molecular complexity index is 885. The van der Waals surface area contributed by atoms with Crippen LogP contribution >= 0.6 is 23.1 Å². The van der Waals surface area contributed by atoms with E-state index in [9.17, 15) is 13.6 Å². The van der Waals surface area contributed by atoms with Crippen molar-refractivity contribution in [2.24, 2.45) is 0 Å². The number of benzene rings is 2. The number of carbonyl (C=O) groups is 1. The molecule has 3 aromatic rings. The quantitative estimate of drug-likeness (QED) is 0.596. The predicted octanol–water partition coefficient (Wildman–Crippen LogP) is 4.68. The molecule has 1 atom stereocenters. The van der Waals surface area contributed by atoms with E-state index < -0.39 is 28.5 Å². The normalized spacial score (nSPS) is 11.8. The molecule has 0 saturated heterocycles. The molecule has 26 heavy (non-hydrogen) atoms. The van der Waals surface area contributed by atoms with Crippen LogP contribution in [-0.2, 0) is 4.79 Å². The van der Waals surface area contributed by atoms with E-state index in [0.717, 1.165) is 29.6 Å². The van der Waals surface area contributed by atoms with Crippen molar-refractivity contribution in [1.29, 1.82) is 0 Å². The molecule has 0 saturated carbocycles. The van der Waals surface area contributed by atoms with Gasteiger partial charge in [0.1, 0.15) is 17.3 Å². The number of thioether (sulfide) groups is 1. The maximum absolute atomic E-state index is 13.6. The number of para-hydroxylation sites is 2. The van der Waals surface area contributed by atoms with Crippen LogP contribution in [0.15, 0.2) is 52.9 Å². The van der Waals surface area contributed by atoms with Gasteiger partial charge in [-0.25, -0.2) is 8.78 Å². The highest BCUT2D eigenvalue weighted by Crippen LogP contribution is 2.31. The van der Waals surface area contributed by atoms with Crippen molar-refractivity contribution in [3.8, 4) is 0 Å². The summed E-state index contributed by atoms with van der Waals surface area (Å²) < 4.78 is 27.8. The number of carbonyl (C=O) groups excluding carboxylic acids is 1. The number of amides is 1. The molecule has 1 heterocycles.